The van der Waals surface area contributed by atoms with Crippen molar-refractivity contribution < 1.29 is 4.79 Å². The average Bonchev–Trinajstić information content (AvgIpc) is 2.71. The molecule has 136 valence electrons. The lowest BCUT2D eigenvalue weighted by Gasteiger charge is -2.37. The van der Waals surface area contributed by atoms with Crippen molar-refractivity contribution in [3.05, 3.63) is 72.1 Å². The number of nitrogens with zero attached hydrogens (tertiary/aromatic N) is 3. The number of benzene rings is 1. The number of carbonyl (C=O) groups is 1. The molecule has 1 aromatic heterocycles. The molecule has 1 aliphatic heterocycles. The minimum atomic E-state index is 0.0468. The second-order valence-electron chi connectivity index (χ2n) is 6.87. The van der Waals surface area contributed by atoms with Crippen molar-refractivity contribution in [3.63, 3.8) is 0 Å². The molecule has 4 nitrogen and oxygen atoms in total. The van der Waals surface area contributed by atoms with Gasteiger partial charge in [0.15, 0.2) is 0 Å². The van der Waals surface area contributed by atoms with Gasteiger partial charge in [-0.25, -0.2) is 0 Å². The number of pyridine rings is 1. The van der Waals surface area contributed by atoms with Gasteiger partial charge in [0.1, 0.15) is 0 Å². The molecule has 0 N–H and O–H groups in total. The number of hydrogen-bond acceptors (Lipinski definition) is 3. The molecule has 2 heterocycles. The summed E-state index contributed by atoms with van der Waals surface area (Å²) in [5, 5.41) is 0. The molecule has 1 fully saturated rings. The number of aromatic nitrogens is 1. The van der Waals surface area contributed by atoms with Gasteiger partial charge in [0.25, 0.3) is 0 Å². The van der Waals surface area contributed by atoms with E-state index in [0.717, 1.165) is 44.6 Å². The number of hydrogen-bond donors (Lipinski definition) is 0. The quantitative estimate of drug-likeness (QED) is 0.751. The van der Waals surface area contributed by atoms with Gasteiger partial charge in [-0.2, -0.15) is 0 Å². The molecule has 0 spiro atoms. The van der Waals surface area contributed by atoms with E-state index in [9.17, 15) is 4.79 Å². The lowest BCUT2D eigenvalue weighted by Crippen LogP contribution is -2.48. The molecule has 26 heavy (non-hydrogen) atoms. The standard InChI is InChI=1S/C22H27N3O/c1-24(22(26)13-12-20-10-5-6-15-23-20)21-11-7-16-25(18-21)17-14-19-8-3-2-4-9-19/h2-6,8-10,12-13,15,21H,7,11,14,16-18H2,1H3/b13-12+/t21-/m0/s1. The van der Waals surface area contributed by atoms with Gasteiger partial charge >= 0.3 is 0 Å². The van der Waals surface area contributed by atoms with E-state index in [1.807, 2.05) is 30.1 Å². The summed E-state index contributed by atoms with van der Waals surface area (Å²) < 4.78 is 0. The average molecular weight is 349 g/mol. The lowest BCUT2D eigenvalue weighted by molar-refractivity contribution is -0.127. The Morgan fingerprint density at radius 3 is 2.81 bits per heavy atom. The van der Waals surface area contributed by atoms with Crippen LogP contribution in [0, 0.1) is 0 Å². The minimum Gasteiger partial charge on any atom is -0.338 e. The van der Waals surface area contributed by atoms with E-state index >= 15 is 0 Å². The molecule has 1 amide bonds. The van der Waals surface area contributed by atoms with Crippen molar-refractivity contribution in [2.75, 3.05) is 26.7 Å². The minimum absolute atomic E-state index is 0.0468. The van der Waals surface area contributed by atoms with E-state index in [1.54, 1.807) is 18.3 Å². The summed E-state index contributed by atoms with van der Waals surface area (Å²) in [6, 6.07) is 16.6. The van der Waals surface area contributed by atoms with Crippen LogP contribution in [0.5, 0.6) is 0 Å². The Kier molecular flexibility index (Phi) is 6.56. The molecule has 0 unspecified atom stereocenters. The van der Waals surface area contributed by atoms with Crippen molar-refractivity contribution in [1.82, 2.24) is 14.8 Å². The summed E-state index contributed by atoms with van der Waals surface area (Å²) in [7, 11) is 1.91. The van der Waals surface area contributed by atoms with E-state index in [-0.39, 0.29) is 11.9 Å². The Balaban J connectivity index is 1.51. The largest absolute Gasteiger partial charge is 0.338 e. The zero-order valence-corrected chi connectivity index (χ0v) is 15.4. The van der Waals surface area contributed by atoms with Crippen LogP contribution in [0.1, 0.15) is 24.1 Å². The number of piperidine rings is 1. The number of likely N-dealkylation sites (N-methyl/N-ethyl adjacent to an activating group) is 1. The summed E-state index contributed by atoms with van der Waals surface area (Å²) in [5.74, 6) is 0.0468. The van der Waals surface area contributed by atoms with Crippen molar-refractivity contribution in [3.8, 4) is 0 Å². The molecule has 4 heteroatoms. The molecular formula is C22H27N3O. The highest BCUT2D eigenvalue weighted by molar-refractivity contribution is 5.91. The van der Waals surface area contributed by atoms with Crippen LogP contribution in [0.4, 0.5) is 0 Å². The van der Waals surface area contributed by atoms with Gasteiger partial charge in [-0.05, 0) is 49.6 Å². The third-order valence-electron chi connectivity index (χ3n) is 5.02. The molecule has 0 saturated carbocycles. The Morgan fingerprint density at radius 1 is 1.23 bits per heavy atom. The van der Waals surface area contributed by atoms with Gasteiger partial charge in [0.05, 0.1) is 5.69 Å². The lowest BCUT2D eigenvalue weighted by atomic mass is 10.0. The van der Waals surface area contributed by atoms with Crippen LogP contribution < -0.4 is 0 Å². The van der Waals surface area contributed by atoms with E-state index in [2.05, 4.69) is 40.2 Å². The van der Waals surface area contributed by atoms with E-state index in [0.29, 0.717) is 0 Å². The highest BCUT2D eigenvalue weighted by Gasteiger charge is 2.24. The number of likely N-dealkylation sites (tertiary alicyclic amines) is 1. The van der Waals surface area contributed by atoms with Crippen LogP contribution in [-0.2, 0) is 11.2 Å². The predicted molar refractivity (Wildman–Crippen MR) is 106 cm³/mol. The van der Waals surface area contributed by atoms with Gasteiger partial charge in [-0.15, -0.1) is 0 Å². The maximum atomic E-state index is 12.5. The first-order valence-corrected chi connectivity index (χ1v) is 9.34. The van der Waals surface area contributed by atoms with Gasteiger partial charge in [0, 0.05) is 38.5 Å². The molecular weight excluding hydrogens is 322 g/mol. The fraction of sp³-hybridized carbons (Fsp3) is 0.364. The molecule has 2 aromatic rings. The maximum absolute atomic E-state index is 12.5. The number of amides is 1. The van der Waals surface area contributed by atoms with Crippen molar-refractivity contribution in [2.24, 2.45) is 0 Å². The first kappa shape index (κ1) is 18.3. The highest BCUT2D eigenvalue weighted by Crippen LogP contribution is 2.16. The summed E-state index contributed by atoms with van der Waals surface area (Å²) in [4.78, 5) is 21.1. The zero-order chi connectivity index (χ0) is 18.2. The van der Waals surface area contributed by atoms with Crippen molar-refractivity contribution >= 4 is 12.0 Å². The van der Waals surface area contributed by atoms with Crippen LogP contribution in [0.3, 0.4) is 0 Å². The molecule has 1 atom stereocenters. The van der Waals surface area contributed by atoms with Gasteiger partial charge < -0.3 is 9.80 Å². The second kappa shape index (κ2) is 9.30. The first-order chi connectivity index (χ1) is 12.7. The van der Waals surface area contributed by atoms with E-state index < -0.39 is 0 Å². The van der Waals surface area contributed by atoms with Crippen LogP contribution >= 0.6 is 0 Å². The Hall–Kier alpha value is -2.46. The summed E-state index contributed by atoms with van der Waals surface area (Å²) in [6.45, 7) is 3.12. The molecule has 3 rings (SSSR count). The van der Waals surface area contributed by atoms with Crippen LogP contribution in [0.2, 0.25) is 0 Å². The Labute approximate surface area is 156 Å². The SMILES string of the molecule is CN(C(=O)/C=C/c1ccccn1)[C@H]1CCCN(CCc2ccccc2)C1. The first-order valence-electron chi connectivity index (χ1n) is 9.34. The second-order valence-corrected chi connectivity index (χ2v) is 6.87. The fourth-order valence-electron chi connectivity index (χ4n) is 3.41. The predicted octanol–water partition coefficient (Wildman–Crippen LogP) is 3.26. The fourth-order valence-corrected chi connectivity index (χ4v) is 3.41. The molecule has 1 aromatic carbocycles. The third-order valence-corrected chi connectivity index (χ3v) is 5.02. The molecule has 0 bridgehead atoms. The van der Waals surface area contributed by atoms with Crippen LogP contribution in [0.15, 0.2) is 60.8 Å². The Morgan fingerprint density at radius 2 is 2.04 bits per heavy atom. The molecule has 0 radical (unpaired) electrons. The zero-order valence-electron chi connectivity index (χ0n) is 15.4. The normalized spacial score (nSPS) is 18.1. The van der Waals surface area contributed by atoms with Gasteiger partial charge in [-0.3, -0.25) is 9.78 Å². The van der Waals surface area contributed by atoms with Crippen LogP contribution in [0.25, 0.3) is 6.08 Å². The highest BCUT2D eigenvalue weighted by atomic mass is 16.2. The summed E-state index contributed by atoms with van der Waals surface area (Å²) in [5.41, 5.74) is 2.18. The van der Waals surface area contributed by atoms with E-state index in [4.69, 9.17) is 0 Å². The van der Waals surface area contributed by atoms with Gasteiger partial charge in [0.2, 0.25) is 5.91 Å². The van der Waals surface area contributed by atoms with E-state index in [1.165, 1.54) is 5.56 Å². The summed E-state index contributed by atoms with van der Waals surface area (Å²) >= 11 is 0. The van der Waals surface area contributed by atoms with Crippen LogP contribution in [-0.4, -0.2) is 53.4 Å². The van der Waals surface area contributed by atoms with Gasteiger partial charge in [-0.1, -0.05) is 36.4 Å². The monoisotopic (exact) mass is 349 g/mol. The number of rotatable bonds is 6. The van der Waals surface area contributed by atoms with Crippen molar-refractivity contribution in [1.29, 1.82) is 0 Å². The third kappa shape index (κ3) is 5.27. The topological polar surface area (TPSA) is 36.4 Å². The summed E-state index contributed by atoms with van der Waals surface area (Å²) in [6.07, 6.45) is 8.42. The molecule has 0 aliphatic carbocycles. The molecule has 1 saturated heterocycles. The van der Waals surface area contributed by atoms with Crippen molar-refractivity contribution in [2.45, 2.75) is 25.3 Å². The maximum Gasteiger partial charge on any atom is 0.246 e. The molecule has 1 aliphatic rings. The smallest absolute Gasteiger partial charge is 0.246 e. The Bertz CT molecular complexity index is 715. The number of carbonyl (C=O) groups excluding carboxylic acids is 1.